The van der Waals surface area contributed by atoms with Gasteiger partial charge < -0.3 is 20.1 Å². The van der Waals surface area contributed by atoms with Crippen molar-refractivity contribution in [1.82, 2.24) is 10.6 Å². The Balaban J connectivity index is 2.50. The molecule has 0 saturated carbocycles. The lowest BCUT2D eigenvalue weighted by Crippen LogP contribution is -2.38. The molecule has 0 aliphatic carbocycles. The Morgan fingerprint density at radius 3 is 2.80 bits per heavy atom. The van der Waals surface area contributed by atoms with Gasteiger partial charge in [0.2, 0.25) is 0 Å². The summed E-state index contributed by atoms with van der Waals surface area (Å²) in [4.78, 5) is 11.6. The Kier molecular flexibility index (Phi) is 6.97. The first kappa shape index (κ1) is 16.4. The standard InChI is InChI=1S/C14H21FN2O3/c1-10(8-19-3)17-14(18)9-20-13-5-11(7-16-2)4-12(15)6-13/h4-6,10,16H,7-9H2,1-3H3,(H,17,18). The van der Waals surface area contributed by atoms with Gasteiger partial charge in [-0.15, -0.1) is 0 Å². The van der Waals surface area contributed by atoms with Gasteiger partial charge in [-0.3, -0.25) is 4.79 Å². The van der Waals surface area contributed by atoms with Gasteiger partial charge in [0.05, 0.1) is 6.61 Å². The lowest BCUT2D eigenvalue weighted by atomic mass is 10.2. The second-order valence-electron chi connectivity index (χ2n) is 4.54. The van der Waals surface area contributed by atoms with Gasteiger partial charge in [0.15, 0.2) is 6.61 Å². The van der Waals surface area contributed by atoms with Crippen LogP contribution in [0.25, 0.3) is 0 Å². The Hall–Kier alpha value is -1.66. The van der Waals surface area contributed by atoms with E-state index in [0.29, 0.717) is 18.9 Å². The van der Waals surface area contributed by atoms with E-state index in [4.69, 9.17) is 9.47 Å². The van der Waals surface area contributed by atoms with Crippen molar-refractivity contribution < 1.29 is 18.7 Å². The zero-order valence-corrected chi connectivity index (χ0v) is 12.0. The molecule has 0 radical (unpaired) electrons. The van der Waals surface area contributed by atoms with Gasteiger partial charge in [0.25, 0.3) is 5.91 Å². The molecule has 1 rings (SSSR count). The SMILES string of the molecule is CNCc1cc(F)cc(OCC(=O)NC(C)COC)c1. The van der Waals surface area contributed by atoms with Gasteiger partial charge in [-0.1, -0.05) is 0 Å². The maximum atomic E-state index is 13.4. The van der Waals surface area contributed by atoms with E-state index in [2.05, 4.69) is 10.6 Å². The molecule has 1 aromatic rings. The number of carbonyl (C=O) groups excluding carboxylic acids is 1. The van der Waals surface area contributed by atoms with Crippen LogP contribution in [0.3, 0.4) is 0 Å². The molecule has 0 aromatic heterocycles. The van der Waals surface area contributed by atoms with Crippen LogP contribution in [0, 0.1) is 5.82 Å². The van der Waals surface area contributed by atoms with Gasteiger partial charge >= 0.3 is 0 Å². The van der Waals surface area contributed by atoms with Gasteiger partial charge in [0, 0.05) is 25.8 Å². The molecule has 2 N–H and O–H groups in total. The Morgan fingerprint density at radius 1 is 1.40 bits per heavy atom. The fourth-order valence-corrected chi connectivity index (χ4v) is 1.77. The summed E-state index contributed by atoms with van der Waals surface area (Å²) in [6.45, 7) is 2.63. The first-order valence-electron chi connectivity index (χ1n) is 6.40. The van der Waals surface area contributed by atoms with Crippen LogP contribution in [-0.4, -0.2) is 39.3 Å². The number of nitrogens with one attached hydrogen (secondary N) is 2. The van der Waals surface area contributed by atoms with E-state index in [0.717, 1.165) is 5.56 Å². The van der Waals surface area contributed by atoms with E-state index in [-0.39, 0.29) is 24.4 Å². The van der Waals surface area contributed by atoms with Crippen LogP contribution in [0.4, 0.5) is 4.39 Å². The number of amides is 1. The number of benzene rings is 1. The zero-order chi connectivity index (χ0) is 15.0. The average Bonchev–Trinajstić information content (AvgIpc) is 2.36. The molecule has 0 aliphatic rings. The minimum atomic E-state index is -0.388. The quantitative estimate of drug-likeness (QED) is 0.750. The second kappa shape index (κ2) is 8.50. The molecule has 0 bridgehead atoms. The highest BCUT2D eigenvalue weighted by molar-refractivity contribution is 5.77. The van der Waals surface area contributed by atoms with Crippen molar-refractivity contribution in [1.29, 1.82) is 0 Å². The molecule has 20 heavy (non-hydrogen) atoms. The smallest absolute Gasteiger partial charge is 0.258 e. The van der Waals surface area contributed by atoms with Crippen LogP contribution in [0.15, 0.2) is 18.2 Å². The molecule has 0 saturated heterocycles. The minimum absolute atomic E-state index is 0.0940. The van der Waals surface area contributed by atoms with Crippen LogP contribution in [0.5, 0.6) is 5.75 Å². The van der Waals surface area contributed by atoms with Crippen molar-refractivity contribution >= 4 is 5.91 Å². The van der Waals surface area contributed by atoms with Crippen LogP contribution in [-0.2, 0) is 16.1 Å². The fraction of sp³-hybridized carbons (Fsp3) is 0.500. The average molecular weight is 284 g/mol. The summed E-state index contributed by atoms with van der Waals surface area (Å²) < 4.78 is 23.6. The van der Waals surface area contributed by atoms with Crippen molar-refractivity contribution in [2.24, 2.45) is 0 Å². The molecule has 0 heterocycles. The summed E-state index contributed by atoms with van der Waals surface area (Å²) >= 11 is 0. The number of rotatable bonds is 8. The molecule has 112 valence electrons. The van der Waals surface area contributed by atoms with Crippen molar-refractivity contribution in [3.05, 3.63) is 29.6 Å². The Labute approximate surface area is 118 Å². The molecular weight excluding hydrogens is 263 g/mol. The summed E-state index contributed by atoms with van der Waals surface area (Å²) in [6.07, 6.45) is 0. The maximum Gasteiger partial charge on any atom is 0.258 e. The minimum Gasteiger partial charge on any atom is -0.484 e. The van der Waals surface area contributed by atoms with E-state index < -0.39 is 0 Å². The van der Waals surface area contributed by atoms with Crippen molar-refractivity contribution in [2.45, 2.75) is 19.5 Å². The predicted molar refractivity (Wildman–Crippen MR) is 74.1 cm³/mol. The Bertz CT molecular complexity index is 440. The lowest BCUT2D eigenvalue weighted by Gasteiger charge is -2.13. The highest BCUT2D eigenvalue weighted by Gasteiger charge is 2.08. The predicted octanol–water partition coefficient (Wildman–Crippen LogP) is 1.07. The zero-order valence-electron chi connectivity index (χ0n) is 12.0. The summed E-state index contributed by atoms with van der Waals surface area (Å²) in [5, 5.41) is 5.64. The maximum absolute atomic E-state index is 13.4. The van der Waals surface area contributed by atoms with Crippen molar-refractivity contribution in [2.75, 3.05) is 27.4 Å². The molecule has 1 atom stereocenters. The van der Waals surface area contributed by atoms with Crippen LogP contribution in [0.1, 0.15) is 12.5 Å². The monoisotopic (exact) mass is 284 g/mol. The third kappa shape index (κ3) is 5.99. The number of ether oxygens (including phenoxy) is 2. The summed E-state index contributed by atoms with van der Waals surface area (Å²) in [5.74, 6) is -0.320. The van der Waals surface area contributed by atoms with E-state index in [1.807, 2.05) is 6.92 Å². The normalized spacial score (nSPS) is 12.0. The van der Waals surface area contributed by atoms with E-state index in [1.54, 1.807) is 20.2 Å². The molecule has 6 heteroatoms. The molecule has 0 spiro atoms. The number of halogens is 1. The molecule has 0 aliphatic heterocycles. The molecule has 0 fully saturated rings. The van der Waals surface area contributed by atoms with Crippen LogP contribution in [0.2, 0.25) is 0 Å². The van der Waals surface area contributed by atoms with E-state index >= 15 is 0 Å². The number of hydrogen-bond donors (Lipinski definition) is 2. The molecule has 1 unspecified atom stereocenters. The first-order chi connectivity index (χ1) is 9.55. The third-order valence-corrected chi connectivity index (χ3v) is 2.51. The highest BCUT2D eigenvalue weighted by atomic mass is 19.1. The summed E-state index contributed by atoms with van der Waals surface area (Å²) in [5.41, 5.74) is 0.760. The van der Waals surface area contributed by atoms with E-state index in [9.17, 15) is 9.18 Å². The summed E-state index contributed by atoms with van der Waals surface area (Å²) in [7, 11) is 3.34. The van der Waals surface area contributed by atoms with Crippen molar-refractivity contribution in [3.63, 3.8) is 0 Å². The first-order valence-corrected chi connectivity index (χ1v) is 6.40. The molecule has 1 aromatic carbocycles. The van der Waals surface area contributed by atoms with Crippen molar-refractivity contribution in [3.8, 4) is 5.75 Å². The van der Waals surface area contributed by atoms with Crippen LogP contribution >= 0.6 is 0 Å². The van der Waals surface area contributed by atoms with Gasteiger partial charge in [-0.05, 0) is 31.7 Å². The van der Waals surface area contributed by atoms with E-state index in [1.165, 1.54) is 12.1 Å². The Morgan fingerprint density at radius 2 is 2.15 bits per heavy atom. The number of hydrogen-bond acceptors (Lipinski definition) is 4. The fourth-order valence-electron chi connectivity index (χ4n) is 1.77. The second-order valence-corrected chi connectivity index (χ2v) is 4.54. The largest absolute Gasteiger partial charge is 0.484 e. The topological polar surface area (TPSA) is 59.6 Å². The third-order valence-electron chi connectivity index (χ3n) is 2.51. The van der Waals surface area contributed by atoms with Crippen LogP contribution < -0.4 is 15.4 Å². The molecule has 1 amide bonds. The molecular formula is C14H21FN2O3. The molecule has 5 nitrogen and oxygen atoms in total. The number of carbonyl (C=O) groups is 1. The van der Waals surface area contributed by atoms with Gasteiger partial charge in [-0.2, -0.15) is 0 Å². The van der Waals surface area contributed by atoms with Gasteiger partial charge in [-0.25, -0.2) is 4.39 Å². The summed E-state index contributed by atoms with van der Waals surface area (Å²) in [6, 6.07) is 4.28. The number of methoxy groups -OCH3 is 1. The highest BCUT2D eigenvalue weighted by Crippen LogP contribution is 2.16. The lowest BCUT2D eigenvalue weighted by molar-refractivity contribution is -0.124. The van der Waals surface area contributed by atoms with Gasteiger partial charge in [0.1, 0.15) is 11.6 Å².